The van der Waals surface area contributed by atoms with E-state index < -0.39 is 11.7 Å². The summed E-state index contributed by atoms with van der Waals surface area (Å²) in [6.45, 7) is 2.91. The third-order valence-corrected chi connectivity index (χ3v) is 6.42. The van der Waals surface area contributed by atoms with Crippen LogP contribution in [0.3, 0.4) is 0 Å². The van der Waals surface area contributed by atoms with Crippen LogP contribution in [0.2, 0.25) is 0 Å². The predicted octanol–water partition coefficient (Wildman–Crippen LogP) is 5.08. The zero-order chi connectivity index (χ0) is 25.7. The van der Waals surface area contributed by atoms with Crippen LogP contribution < -0.4 is 16.0 Å². The second-order valence-electron chi connectivity index (χ2n) is 9.91. The van der Waals surface area contributed by atoms with Gasteiger partial charge in [-0.2, -0.15) is 5.10 Å². The molecule has 3 aromatic rings. The maximum atomic E-state index is 14.3. The zero-order valence-electron chi connectivity index (χ0n) is 20.9. The topological polar surface area (TPSA) is 101 Å². The summed E-state index contributed by atoms with van der Waals surface area (Å²) in [5, 5.41) is 13.1. The van der Waals surface area contributed by atoms with Crippen molar-refractivity contribution in [2.75, 3.05) is 10.6 Å². The van der Waals surface area contributed by atoms with Crippen LogP contribution >= 0.6 is 0 Å². The maximum Gasteiger partial charge on any atom is 0.252 e. The first-order valence-corrected chi connectivity index (χ1v) is 12.3. The average molecular weight is 493 g/mol. The van der Waals surface area contributed by atoms with E-state index in [0.717, 1.165) is 25.7 Å². The second-order valence-corrected chi connectivity index (χ2v) is 9.91. The first kappa shape index (κ1) is 25.3. The molecule has 2 heterocycles. The molecule has 1 saturated carbocycles. The van der Waals surface area contributed by atoms with Crippen LogP contribution in [0.15, 0.2) is 55.0 Å². The maximum absolute atomic E-state index is 14.3. The highest BCUT2D eigenvalue weighted by atomic mass is 19.1. The average Bonchev–Trinajstić information content (AvgIpc) is 3.50. The number of amides is 2. The molecule has 1 fully saturated rings. The lowest BCUT2D eigenvalue weighted by atomic mass is 9.97. The van der Waals surface area contributed by atoms with Gasteiger partial charge in [0.05, 0.1) is 17.6 Å². The van der Waals surface area contributed by atoms with Gasteiger partial charge in [0, 0.05) is 36.4 Å². The number of alkyl halides is 1. The van der Waals surface area contributed by atoms with Crippen molar-refractivity contribution in [1.82, 2.24) is 20.1 Å². The smallest absolute Gasteiger partial charge is 0.252 e. The van der Waals surface area contributed by atoms with E-state index in [4.69, 9.17) is 0 Å². The van der Waals surface area contributed by atoms with Crippen LogP contribution in [0.4, 0.5) is 21.5 Å². The van der Waals surface area contributed by atoms with Crippen molar-refractivity contribution in [3.63, 3.8) is 0 Å². The van der Waals surface area contributed by atoms with Gasteiger partial charge >= 0.3 is 0 Å². The fourth-order valence-corrected chi connectivity index (χ4v) is 4.51. The van der Waals surface area contributed by atoms with E-state index >= 15 is 0 Å². The van der Waals surface area contributed by atoms with E-state index in [-0.39, 0.29) is 11.8 Å². The van der Waals surface area contributed by atoms with Gasteiger partial charge in [-0.15, -0.1) is 0 Å². The lowest BCUT2D eigenvalue weighted by Gasteiger charge is -2.21. The number of benzene rings is 1. The summed E-state index contributed by atoms with van der Waals surface area (Å²) in [5.41, 5.74) is 1.10. The van der Waals surface area contributed by atoms with Crippen LogP contribution in [0, 0.1) is 5.92 Å². The lowest BCUT2D eigenvalue weighted by molar-refractivity contribution is -0.118. The molecule has 0 bridgehead atoms. The Morgan fingerprint density at radius 3 is 2.58 bits per heavy atom. The van der Waals surface area contributed by atoms with Gasteiger partial charge in [0.2, 0.25) is 5.91 Å². The van der Waals surface area contributed by atoms with Crippen molar-refractivity contribution in [3.8, 4) is 0 Å². The summed E-state index contributed by atoms with van der Waals surface area (Å²) in [4.78, 5) is 30.4. The number of aromatic nitrogens is 3. The number of nitrogens with zero attached hydrogens (tertiary/aromatic N) is 3. The fraction of sp³-hybridized carbons (Fsp3) is 0.407. The molecule has 2 amide bonds. The first-order valence-electron chi connectivity index (χ1n) is 12.3. The number of rotatable bonds is 9. The van der Waals surface area contributed by atoms with Gasteiger partial charge < -0.3 is 16.0 Å². The number of hydrogen-bond donors (Lipinski definition) is 3. The normalized spacial score (nSPS) is 14.9. The Morgan fingerprint density at radius 1 is 1.14 bits per heavy atom. The molecule has 9 heteroatoms. The molecule has 3 N–H and O–H groups in total. The molecule has 0 aliphatic heterocycles. The van der Waals surface area contributed by atoms with Crippen molar-refractivity contribution in [1.29, 1.82) is 0 Å². The SMILES string of the molecule is Cn1cc(NC(=O)[C@H](CC2CCCC2)NC(=O)c2cccc(Nc3ccnc(C(C)(C)F)c3)c2)cn1. The molecule has 0 spiro atoms. The molecule has 36 heavy (non-hydrogen) atoms. The Kier molecular flexibility index (Phi) is 7.67. The molecule has 0 unspecified atom stereocenters. The minimum atomic E-state index is -1.57. The number of hydrogen-bond acceptors (Lipinski definition) is 5. The molecular formula is C27H33FN6O2. The van der Waals surface area contributed by atoms with E-state index in [2.05, 4.69) is 26.0 Å². The van der Waals surface area contributed by atoms with Crippen molar-refractivity contribution in [2.45, 2.75) is 57.7 Å². The van der Waals surface area contributed by atoms with Crippen molar-refractivity contribution in [3.05, 3.63) is 66.2 Å². The second kappa shape index (κ2) is 10.9. The molecule has 2 aromatic heterocycles. The molecule has 1 atom stereocenters. The summed E-state index contributed by atoms with van der Waals surface area (Å²) in [6, 6.07) is 9.72. The number of anilines is 3. The summed E-state index contributed by atoms with van der Waals surface area (Å²) >= 11 is 0. The minimum absolute atomic E-state index is 0.254. The minimum Gasteiger partial charge on any atom is -0.355 e. The molecule has 1 aromatic carbocycles. The number of aryl methyl sites for hydroxylation is 1. The lowest BCUT2D eigenvalue weighted by Crippen LogP contribution is -2.44. The number of carbonyl (C=O) groups excluding carboxylic acids is 2. The monoisotopic (exact) mass is 492 g/mol. The standard InChI is InChI=1S/C27H33FN6O2/c1-27(2,28)24-15-21(11-12-29-24)31-20-10-6-9-19(14-20)25(35)33-23(13-18-7-4-5-8-18)26(36)32-22-16-30-34(3)17-22/h6,9-12,14-18,23H,4-5,7-8,13H2,1-3H3,(H,29,31)(H,32,36)(H,33,35)/t23-/m0/s1. The summed E-state index contributed by atoms with van der Waals surface area (Å²) < 4.78 is 15.9. The van der Waals surface area contributed by atoms with Gasteiger partial charge in [0.1, 0.15) is 11.7 Å². The summed E-state index contributed by atoms with van der Waals surface area (Å²) in [6.07, 6.45) is 9.87. The van der Waals surface area contributed by atoms with Crippen LogP contribution in [-0.4, -0.2) is 32.6 Å². The van der Waals surface area contributed by atoms with Crippen molar-refractivity contribution in [2.24, 2.45) is 13.0 Å². The van der Waals surface area contributed by atoms with E-state index in [1.807, 2.05) is 6.07 Å². The third kappa shape index (κ3) is 6.68. The third-order valence-electron chi connectivity index (χ3n) is 6.42. The molecule has 0 radical (unpaired) electrons. The predicted molar refractivity (Wildman–Crippen MR) is 138 cm³/mol. The molecule has 1 aliphatic carbocycles. The Hall–Kier alpha value is -3.75. The van der Waals surface area contributed by atoms with Crippen LogP contribution in [-0.2, 0) is 17.5 Å². The van der Waals surface area contributed by atoms with Gasteiger partial charge in [-0.3, -0.25) is 19.3 Å². The van der Waals surface area contributed by atoms with Gasteiger partial charge in [0.15, 0.2) is 0 Å². The fourth-order valence-electron chi connectivity index (χ4n) is 4.51. The molecule has 0 saturated heterocycles. The number of nitrogens with one attached hydrogen (secondary N) is 3. The number of halogens is 1. The molecule has 4 rings (SSSR count). The van der Waals surface area contributed by atoms with Crippen molar-refractivity contribution < 1.29 is 14.0 Å². The highest BCUT2D eigenvalue weighted by Gasteiger charge is 2.27. The van der Waals surface area contributed by atoms with Gasteiger partial charge in [-0.25, -0.2) is 4.39 Å². The van der Waals surface area contributed by atoms with Gasteiger partial charge in [0.25, 0.3) is 5.91 Å². The van der Waals surface area contributed by atoms with Crippen LogP contribution in [0.1, 0.15) is 62.0 Å². The highest BCUT2D eigenvalue weighted by Crippen LogP contribution is 2.29. The van der Waals surface area contributed by atoms with Gasteiger partial charge in [-0.05, 0) is 56.5 Å². The van der Waals surface area contributed by atoms with Crippen LogP contribution in [0.5, 0.6) is 0 Å². The molecule has 8 nitrogen and oxygen atoms in total. The van der Waals surface area contributed by atoms with Crippen molar-refractivity contribution >= 4 is 28.9 Å². The Labute approximate surface area is 210 Å². The van der Waals surface area contributed by atoms with Crippen LogP contribution in [0.25, 0.3) is 0 Å². The van der Waals surface area contributed by atoms with E-state index in [0.29, 0.717) is 40.7 Å². The molecule has 1 aliphatic rings. The van der Waals surface area contributed by atoms with Gasteiger partial charge in [-0.1, -0.05) is 31.7 Å². The largest absolute Gasteiger partial charge is 0.355 e. The van der Waals surface area contributed by atoms with E-state index in [1.54, 1.807) is 60.7 Å². The van der Waals surface area contributed by atoms with E-state index in [9.17, 15) is 14.0 Å². The Bertz CT molecular complexity index is 1210. The first-order chi connectivity index (χ1) is 17.2. The number of carbonyl (C=O) groups is 2. The zero-order valence-corrected chi connectivity index (χ0v) is 20.9. The number of pyridine rings is 1. The quantitative estimate of drug-likeness (QED) is 0.387. The Morgan fingerprint density at radius 2 is 1.89 bits per heavy atom. The highest BCUT2D eigenvalue weighted by molar-refractivity contribution is 6.01. The van der Waals surface area contributed by atoms with E-state index in [1.165, 1.54) is 13.8 Å². The summed E-state index contributed by atoms with van der Waals surface area (Å²) in [5.74, 6) is -0.178. The molecular weight excluding hydrogens is 459 g/mol. The molecule has 190 valence electrons. The Balaban J connectivity index is 1.47. The summed E-state index contributed by atoms with van der Waals surface area (Å²) in [7, 11) is 1.78.